The number of para-hydroxylation sites is 1. The molecule has 4 rings (SSSR count). The van der Waals surface area contributed by atoms with Gasteiger partial charge in [0.2, 0.25) is 0 Å². The lowest BCUT2D eigenvalue weighted by Crippen LogP contribution is -1.63. The van der Waals surface area contributed by atoms with Crippen LogP contribution in [-0.2, 0) is 0 Å². The van der Waals surface area contributed by atoms with Crippen molar-refractivity contribution in [2.75, 3.05) is 0 Å². The molecule has 0 heterocycles. The fraction of sp³-hybridized carbons (Fsp3) is 0.0833. The third kappa shape index (κ3) is 12.1. The molecule has 128 valence electrons. The molecule has 0 atom stereocenters. The van der Waals surface area contributed by atoms with Crippen molar-refractivity contribution in [3.8, 4) is 5.75 Å². The average molecular weight is 330 g/mol. The van der Waals surface area contributed by atoms with Gasteiger partial charge < -0.3 is 5.11 Å². The van der Waals surface area contributed by atoms with Gasteiger partial charge in [0.05, 0.1) is 0 Å². The maximum atomic E-state index is 8.63. The lowest BCUT2D eigenvalue weighted by molar-refractivity contribution is 0.475. The molecule has 0 bridgehead atoms. The highest BCUT2D eigenvalue weighted by molar-refractivity contribution is 5.45. The van der Waals surface area contributed by atoms with Crippen molar-refractivity contribution in [3.63, 3.8) is 0 Å². The first-order chi connectivity index (χ1) is 12.3. The van der Waals surface area contributed by atoms with E-state index in [-0.39, 0.29) is 0 Å². The molecular weight excluding hydrogens is 304 g/mol. The highest BCUT2D eigenvalue weighted by Gasteiger charge is 1.76. The topological polar surface area (TPSA) is 20.2 Å². The zero-order valence-electron chi connectivity index (χ0n) is 14.5. The van der Waals surface area contributed by atoms with Crippen molar-refractivity contribution in [3.05, 3.63) is 121 Å². The summed E-state index contributed by atoms with van der Waals surface area (Å²) >= 11 is 0. The lowest BCUT2D eigenvalue weighted by Gasteiger charge is -1.85. The van der Waals surface area contributed by atoms with Crippen LogP contribution in [0.3, 0.4) is 0 Å². The van der Waals surface area contributed by atoms with Crippen LogP contribution >= 0.6 is 0 Å². The quantitative estimate of drug-likeness (QED) is 0.615. The fourth-order valence-corrected chi connectivity index (χ4v) is 1.80. The first-order valence-corrected chi connectivity index (χ1v) is 8.37. The summed E-state index contributed by atoms with van der Waals surface area (Å²) in [5.74, 6) is 0.322. The molecule has 0 unspecified atom stereocenters. The van der Waals surface area contributed by atoms with Crippen LogP contribution in [0.15, 0.2) is 116 Å². The molecule has 2 aliphatic rings. The van der Waals surface area contributed by atoms with Gasteiger partial charge in [-0.2, -0.15) is 0 Å². The third-order valence-electron chi connectivity index (χ3n) is 3.10. The van der Waals surface area contributed by atoms with Gasteiger partial charge in [-0.3, -0.25) is 0 Å². The van der Waals surface area contributed by atoms with Crippen LogP contribution < -0.4 is 0 Å². The summed E-state index contributed by atoms with van der Waals surface area (Å²) in [7, 11) is 0. The monoisotopic (exact) mass is 330 g/mol. The van der Waals surface area contributed by atoms with E-state index >= 15 is 0 Å². The molecular formula is C24H26O. The maximum absolute atomic E-state index is 8.63. The van der Waals surface area contributed by atoms with Crippen LogP contribution in [0.1, 0.15) is 18.4 Å². The maximum Gasteiger partial charge on any atom is 0.115 e. The van der Waals surface area contributed by atoms with E-state index in [0.29, 0.717) is 5.75 Å². The van der Waals surface area contributed by atoms with Crippen molar-refractivity contribution in [2.24, 2.45) is 0 Å². The first-order valence-electron chi connectivity index (χ1n) is 8.37. The van der Waals surface area contributed by atoms with Gasteiger partial charge in [-0.15, -0.1) is 0 Å². The number of hydrogen-bond acceptors (Lipinski definition) is 1. The Morgan fingerprint density at radius 1 is 0.640 bits per heavy atom. The van der Waals surface area contributed by atoms with Gasteiger partial charge in [-0.25, -0.2) is 0 Å². The lowest BCUT2D eigenvalue weighted by atomic mass is 10.2. The molecule has 0 fully saturated rings. The second kappa shape index (κ2) is 14.5. The van der Waals surface area contributed by atoms with E-state index in [1.165, 1.54) is 5.56 Å². The zero-order valence-corrected chi connectivity index (χ0v) is 14.5. The summed E-state index contributed by atoms with van der Waals surface area (Å²) in [6.45, 7) is 3.63. The van der Waals surface area contributed by atoms with E-state index in [0.717, 1.165) is 12.8 Å². The molecule has 2 aromatic rings. The van der Waals surface area contributed by atoms with E-state index in [4.69, 9.17) is 5.11 Å². The Morgan fingerprint density at radius 3 is 1.24 bits per heavy atom. The van der Waals surface area contributed by atoms with Crippen molar-refractivity contribution in [2.45, 2.75) is 12.8 Å². The average Bonchev–Trinajstić information content (AvgIpc) is 3.42. The summed E-state index contributed by atoms with van der Waals surface area (Å²) in [6, 6.07) is 18.7. The minimum atomic E-state index is 0.322. The number of allylic oxidation sites excluding steroid dienone is 8. The molecule has 0 saturated carbocycles. The molecule has 0 aliphatic heterocycles. The zero-order chi connectivity index (χ0) is 18.0. The SMILES string of the molecule is C1=CCC=C1.C1=CCC=C1.C=Cc1ccccc1.Oc1ccccc1. The normalized spacial score (nSPS) is 12.2. The molecule has 0 radical (unpaired) electrons. The van der Waals surface area contributed by atoms with Crippen LogP contribution in [0.2, 0.25) is 0 Å². The van der Waals surface area contributed by atoms with Crippen LogP contribution in [-0.4, -0.2) is 5.11 Å². The standard InChI is InChI=1S/C8H8.C6H6O.2C5H6/c1-2-8-6-4-3-5-7-8;7-6-4-2-1-3-5-6;2*1-2-4-5-3-1/h2-7H,1H2;1-5,7H;2*1-4H,5H2. The van der Waals surface area contributed by atoms with Crippen molar-refractivity contribution in [1.29, 1.82) is 0 Å². The van der Waals surface area contributed by atoms with E-state index in [1.54, 1.807) is 24.3 Å². The third-order valence-corrected chi connectivity index (χ3v) is 3.10. The smallest absolute Gasteiger partial charge is 0.115 e. The van der Waals surface area contributed by atoms with E-state index in [1.807, 2.05) is 42.5 Å². The molecule has 0 aromatic heterocycles. The summed E-state index contributed by atoms with van der Waals surface area (Å²) in [6.07, 6.45) is 20.8. The van der Waals surface area contributed by atoms with E-state index < -0.39 is 0 Å². The Hall–Kier alpha value is -3.06. The molecule has 0 saturated heterocycles. The number of benzene rings is 2. The highest BCUT2D eigenvalue weighted by atomic mass is 16.3. The highest BCUT2D eigenvalue weighted by Crippen LogP contribution is 2.02. The predicted octanol–water partition coefficient (Wildman–Crippen LogP) is 6.73. The molecule has 25 heavy (non-hydrogen) atoms. The van der Waals surface area contributed by atoms with Crippen molar-refractivity contribution in [1.82, 2.24) is 0 Å². The number of phenolic OH excluding ortho intramolecular Hbond substituents is 1. The molecule has 0 amide bonds. The van der Waals surface area contributed by atoms with Gasteiger partial charge in [0.25, 0.3) is 0 Å². The second-order valence-corrected chi connectivity index (χ2v) is 5.13. The van der Waals surface area contributed by atoms with Gasteiger partial charge >= 0.3 is 0 Å². The molecule has 1 N–H and O–H groups in total. The summed E-state index contributed by atoms with van der Waals surface area (Å²) in [4.78, 5) is 0. The van der Waals surface area contributed by atoms with E-state index in [2.05, 4.69) is 55.2 Å². The molecule has 2 aromatic carbocycles. The number of hydrogen-bond donors (Lipinski definition) is 1. The van der Waals surface area contributed by atoms with Gasteiger partial charge in [0, 0.05) is 0 Å². The molecule has 2 aliphatic carbocycles. The molecule has 0 spiro atoms. The van der Waals surface area contributed by atoms with Crippen LogP contribution in [0.4, 0.5) is 0 Å². The van der Waals surface area contributed by atoms with Crippen LogP contribution in [0.5, 0.6) is 5.75 Å². The first kappa shape index (κ1) is 20.0. The van der Waals surface area contributed by atoms with Gasteiger partial charge in [-0.1, -0.05) is 110 Å². The Morgan fingerprint density at radius 2 is 1.04 bits per heavy atom. The Labute approximate surface area is 151 Å². The van der Waals surface area contributed by atoms with Crippen LogP contribution in [0.25, 0.3) is 6.08 Å². The Bertz CT molecular complexity index is 635. The number of aromatic hydroxyl groups is 1. The summed E-state index contributed by atoms with van der Waals surface area (Å²) in [5.41, 5.74) is 1.17. The molecule has 1 heteroatoms. The Kier molecular flexibility index (Phi) is 11.6. The number of phenols is 1. The second-order valence-electron chi connectivity index (χ2n) is 5.13. The number of rotatable bonds is 1. The largest absolute Gasteiger partial charge is 0.508 e. The fourth-order valence-electron chi connectivity index (χ4n) is 1.80. The van der Waals surface area contributed by atoms with Gasteiger partial charge in [-0.05, 0) is 30.5 Å². The van der Waals surface area contributed by atoms with Gasteiger partial charge in [0.1, 0.15) is 5.75 Å². The van der Waals surface area contributed by atoms with Crippen molar-refractivity contribution >= 4 is 6.08 Å². The predicted molar refractivity (Wildman–Crippen MR) is 110 cm³/mol. The van der Waals surface area contributed by atoms with E-state index in [9.17, 15) is 0 Å². The molecule has 1 nitrogen and oxygen atoms in total. The summed E-state index contributed by atoms with van der Waals surface area (Å²) in [5, 5.41) is 8.63. The minimum absolute atomic E-state index is 0.322. The van der Waals surface area contributed by atoms with Gasteiger partial charge in [0.15, 0.2) is 0 Å². The van der Waals surface area contributed by atoms with Crippen LogP contribution in [0, 0.1) is 0 Å². The van der Waals surface area contributed by atoms with Crippen molar-refractivity contribution < 1.29 is 5.11 Å². The minimum Gasteiger partial charge on any atom is -0.508 e. The summed E-state index contributed by atoms with van der Waals surface area (Å²) < 4.78 is 0. The Balaban J connectivity index is 0.000000170.